The highest BCUT2D eigenvalue weighted by molar-refractivity contribution is 14.1. The van der Waals surface area contributed by atoms with Gasteiger partial charge in [0.2, 0.25) is 0 Å². The van der Waals surface area contributed by atoms with Crippen molar-refractivity contribution >= 4 is 28.4 Å². The van der Waals surface area contributed by atoms with Gasteiger partial charge in [0.05, 0.1) is 0 Å². The third-order valence-corrected chi connectivity index (χ3v) is 9.55. The van der Waals surface area contributed by atoms with Gasteiger partial charge in [0.25, 0.3) is 0 Å². The highest BCUT2D eigenvalue weighted by Crippen LogP contribution is 2.66. The number of hydrogen-bond acceptors (Lipinski definition) is 1. The Morgan fingerprint density at radius 1 is 1.14 bits per heavy atom. The van der Waals surface area contributed by atoms with Crippen molar-refractivity contribution < 1.29 is 4.79 Å². The molecule has 0 aromatic rings. The van der Waals surface area contributed by atoms with Crippen LogP contribution in [0.25, 0.3) is 0 Å². The molecule has 0 aliphatic heterocycles. The van der Waals surface area contributed by atoms with Gasteiger partial charge in [-0.3, -0.25) is 4.79 Å². The fraction of sp³-hybridized carbons (Fsp3) is 0.842. The van der Waals surface area contributed by atoms with Crippen LogP contribution in [0.15, 0.2) is 9.66 Å². The van der Waals surface area contributed by atoms with Crippen molar-refractivity contribution in [3.63, 3.8) is 0 Å². The Morgan fingerprint density at radius 2 is 1.95 bits per heavy atom. The van der Waals surface area contributed by atoms with Gasteiger partial charge in [-0.15, -0.1) is 0 Å². The summed E-state index contributed by atoms with van der Waals surface area (Å²) in [5.41, 5.74) is 0.789. The van der Waals surface area contributed by atoms with E-state index >= 15 is 0 Å². The highest BCUT2D eigenvalue weighted by Gasteiger charge is 2.59. The summed E-state index contributed by atoms with van der Waals surface area (Å²) in [6.45, 7) is 4.99. The fourth-order valence-corrected chi connectivity index (χ4v) is 7.60. The van der Waals surface area contributed by atoms with E-state index in [-0.39, 0.29) is 0 Å². The topological polar surface area (TPSA) is 17.1 Å². The lowest BCUT2D eigenvalue weighted by molar-refractivity contribution is -0.145. The molecule has 4 aliphatic carbocycles. The maximum Gasteiger partial charge on any atom is 0.136 e. The summed E-state index contributed by atoms with van der Waals surface area (Å²) in [4.78, 5) is 12.4. The molecule has 0 radical (unpaired) electrons. The average Bonchev–Trinajstić information content (AvgIpc) is 2.75. The number of carbonyl (C=O) groups excluding carboxylic acids is 1. The Hall–Kier alpha value is 0.140. The molecule has 21 heavy (non-hydrogen) atoms. The molecular formula is C19H27IO. The molecule has 1 nitrogen and oxygen atoms in total. The van der Waals surface area contributed by atoms with Crippen molar-refractivity contribution in [1.29, 1.82) is 0 Å². The SMILES string of the molecule is C[C@]12CCCC(=O)C1CC[C@@H]1C2CC[C@]2(C)C(I)=CC[C@@H]12. The van der Waals surface area contributed by atoms with Gasteiger partial charge in [-0.05, 0) is 94.3 Å². The van der Waals surface area contributed by atoms with E-state index in [1.165, 1.54) is 38.5 Å². The largest absolute Gasteiger partial charge is 0.299 e. The van der Waals surface area contributed by atoms with E-state index in [0.717, 1.165) is 30.6 Å². The molecule has 3 fully saturated rings. The standard InChI is InChI=1S/C19H27IO/c1-18-10-3-4-16(21)15(18)6-5-12-13-7-8-17(20)19(13,2)11-9-14(12)18/h8,12-15H,3-7,9-11H2,1-2H3/t12-,13-,14?,15?,18+,19-/m0/s1. The molecule has 4 aliphatic rings. The molecular weight excluding hydrogens is 371 g/mol. The van der Waals surface area contributed by atoms with Crippen LogP contribution in [0.4, 0.5) is 0 Å². The van der Waals surface area contributed by atoms with Gasteiger partial charge in [0.1, 0.15) is 5.78 Å². The first-order chi connectivity index (χ1) is 9.97. The predicted molar refractivity (Wildman–Crippen MR) is 94.2 cm³/mol. The van der Waals surface area contributed by atoms with E-state index in [0.29, 0.717) is 22.5 Å². The monoisotopic (exact) mass is 398 g/mol. The molecule has 3 saturated carbocycles. The summed E-state index contributed by atoms with van der Waals surface area (Å²) in [6.07, 6.45) is 12.3. The number of hydrogen-bond donors (Lipinski definition) is 0. The molecule has 0 bridgehead atoms. The summed E-state index contributed by atoms with van der Waals surface area (Å²) in [5, 5.41) is 0. The van der Waals surface area contributed by atoms with Gasteiger partial charge in [0, 0.05) is 17.8 Å². The quantitative estimate of drug-likeness (QED) is 0.491. The Labute approximate surface area is 142 Å². The van der Waals surface area contributed by atoms with Crippen molar-refractivity contribution in [2.24, 2.45) is 34.5 Å². The minimum atomic E-state index is 0.327. The van der Waals surface area contributed by atoms with Crippen molar-refractivity contribution in [3.05, 3.63) is 9.66 Å². The number of ketones is 1. The maximum absolute atomic E-state index is 12.4. The van der Waals surface area contributed by atoms with Gasteiger partial charge in [-0.1, -0.05) is 19.9 Å². The third-order valence-electron chi connectivity index (χ3n) is 7.88. The molecule has 116 valence electrons. The molecule has 0 heterocycles. The van der Waals surface area contributed by atoms with Crippen LogP contribution < -0.4 is 0 Å². The Balaban J connectivity index is 1.67. The molecule has 2 heteroatoms. The fourth-order valence-electron chi connectivity index (χ4n) is 6.68. The summed E-state index contributed by atoms with van der Waals surface area (Å²) < 4.78 is 1.62. The second kappa shape index (κ2) is 4.82. The third kappa shape index (κ3) is 1.89. The number of carbonyl (C=O) groups is 1. The highest BCUT2D eigenvalue weighted by atomic mass is 127. The molecule has 0 saturated heterocycles. The van der Waals surface area contributed by atoms with Crippen LogP contribution in [0.5, 0.6) is 0 Å². The summed E-state index contributed by atoms with van der Waals surface area (Å²) in [5.74, 6) is 3.53. The van der Waals surface area contributed by atoms with Gasteiger partial charge in [-0.25, -0.2) is 0 Å². The maximum atomic E-state index is 12.4. The number of fused-ring (bicyclic) bond motifs is 5. The Kier molecular flexibility index (Phi) is 3.37. The summed E-state index contributed by atoms with van der Waals surface area (Å²) in [6, 6.07) is 0. The normalized spacial score (nSPS) is 52.7. The zero-order valence-electron chi connectivity index (χ0n) is 13.3. The van der Waals surface area contributed by atoms with E-state index in [1.807, 2.05) is 0 Å². The summed E-state index contributed by atoms with van der Waals surface area (Å²) >= 11 is 2.60. The second-order valence-electron chi connectivity index (χ2n) is 8.58. The zero-order chi connectivity index (χ0) is 14.8. The second-order valence-corrected chi connectivity index (χ2v) is 9.74. The van der Waals surface area contributed by atoms with Crippen LogP contribution in [0.3, 0.4) is 0 Å². The van der Waals surface area contributed by atoms with Crippen LogP contribution >= 0.6 is 22.6 Å². The van der Waals surface area contributed by atoms with Gasteiger partial charge in [-0.2, -0.15) is 0 Å². The lowest BCUT2D eigenvalue weighted by atomic mass is 9.45. The van der Waals surface area contributed by atoms with Gasteiger partial charge < -0.3 is 0 Å². The lowest BCUT2D eigenvalue weighted by Crippen LogP contribution is -2.54. The Bertz CT molecular complexity index is 510. The van der Waals surface area contributed by atoms with Crippen LogP contribution in [0, 0.1) is 34.5 Å². The molecule has 0 N–H and O–H groups in total. The van der Waals surface area contributed by atoms with E-state index in [1.54, 1.807) is 3.58 Å². The molecule has 6 atom stereocenters. The van der Waals surface area contributed by atoms with Gasteiger partial charge >= 0.3 is 0 Å². The number of halogens is 1. The predicted octanol–water partition coefficient (Wildman–Crippen LogP) is 5.53. The molecule has 0 spiro atoms. The Morgan fingerprint density at radius 3 is 2.76 bits per heavy atom. The first-order valence-corrected chi connectivity index (χ1v) is 9.93. The molecule has 0 aromatic carbocycles. The van der Waals surface area contributed by atoms with E-state index in [9.17, 15) is 4.79 Å². The minimum absolute atomic E-state index is 0.327. The lowest BCUT2D eigenvalue weighted by Gasteiger charge is -2.59. The van der Waals surface area contributed by atoms with Crippen molar-refractivity contribution in [2.75, 3.05) is 0 Å². The van der Waals surface area contributed by atoms with Crippen LogP contribution in [0.2, 0.25) is 0 Å². The average molecular weight is 398 g/mol. The van der Waals surface area contributed by atoms with E-state index < -0.39 is 0 Å². The minimum Gasteiger partial charge on any atom is -0.299 e. The smallest absolute Gasteiger partial charge is 0.136 e. The first-order valence-electron chi connectivity index (χ1n) is 8.86. The van der Waals surface area contributed by atoms with Gasteiger partial charge in [0.15, 0.2) is 0 Å². The van der Waals surface area contributed by atoms with Crippen molar-refractivity contribution in [3.8, 4) is 0 Å². The number of rotatable bonds is 0. The zero-order valence-corrected chi connectivity index (χ0v) is 15.5. The van der Waals surface area contributed by atoms with Crippen molar-refractivity contribution in [1.82, 2.24) is 0 Å². The molecule has 0 amide bonds. The van der Waals surface area contributed by atoms with Crippen LogP contribution in [-0.4, -0.2) is 5.78 Å². The number of allylic oxidation sites excluding steroid dienone is 2. The van der Waals surface area contributed by atoms with Crippen LogP contribution in [-0.2, 0) is 4.79 Å². The first kappa shape index (κ1) is 14.7. The van der Waals surface area contributed by atoms with E-state index in [4.69, 9.17) is 0 Å². The molecule has 4 rings (SSSR count). The number of Topliss-reactive ketones (excluding diaryl/α,β-unsaturated/α-hetero) is 1. The molecule has 2 unspecified atom stereocenters. The molecule has 0 aromatic heterocycles. The van der Waals surface area contributed by atoms with Crippen LogP contribution in [0.1, 0.15) is 65.2 Å². The van der Waals surface area contributed by atoms with Crippen molar-refractivity contribution in [2.45, 2.75) is 65.2 Å². The summed E-state index contributed by atoms with van der Waals surface area (Å²) in [7, 11) is 0. The van der Waals surface area contributed by atoms with E-state index in [2.05, 4.69) is 42.5 Å².